The number of fused-ring (bicyclic) bond motifs is 1. The first kappa shape index (κ1) is 26.3. The summed E-state index contributed by atoms with van der Waals surface area (Å²) in [6.07, 6.45) is 2.17. The van der Waals surface area contributed by atoms with Gasteiger partial charge in [0.05, 0.1) is 30.7 Å². The van der Waals surface area contributed by atoms with Crippen LogP contribution in [0.4, 0.5) is 0 Å². The van der Waals surface area contributed by atoms with E-state index in [2.05, 4.69) is 37.5 Å². The van der Waals surface area contributed by atoms with Crippen molar-refractivity contribution in [2.75, 3.05) is 19.6 Å². The number of ether oxygens (including phenoxy) is 2. The molecule has 1 aromatic heterocycles. The molecule has 0 atom stereocenters. The van der Waals surface area contributed by atoms with Crippen molar-refractivity contribution in [1.29, 1.82) is 0 Å². The molecule has 37 heavy (non-hydrogen) atoms. The van der Waals surface area contributed by atoms with Gasteiger partial charge in [0.2, 0.25) is 0 Å². The standard InChI is InChI=1S/C30H31ClN2O4/c1-5-6-23-25(34)13-12-24-28(23)29(22-10-8-21(9-11-22)19(2)3)32-30(35)33(24)18-20-7-14-26(36-4)27(17-20)37-16-15-31/h5,7-14,17,19,34H,1,6,15-16,18H2,2-4H3. The van der Waals surface area contributed by atoms with Gasteiger partial charge in [-0.25, -0.2) is 4.79 Å². The van der Waals surface area contributed by atoms with E-state index in [1.54, 1.807) is 36.0 Å². The lowest BCUT2D eigenvalue weighted by Gasteiger charge is -2.18. The minimum Gasteiger partial charge on any atom is -0.508 e. The van der Waals surface area contributed by atoms with Crippen molar-refractivity contribution in [2.24, 2.45) is 0 Å². The number of phenolic OH excluding ortho intramolecular Hbond substituents is 1. The van der Waals surface area contributed by atoms with E-state index >= 15 is 0 Å². The van der Waals surface area contributed by atoms with Crippen LogP contribution in [0, 0.1) is 0 Å². The molecule has 1 heterocycles. The third-order valence-electron chi connectivity index (χ3n) is 6.33. The molecule has 4 rings (SSSR count). The first-order valence-electron chi connectivity index (χ1n) is 12.2. The van der Waals surface area contributed by atoms with Crippen LogP contribution in [0.1, 0.15) is 36.5 Å². The van der Waals surface area contributed by atoms with Gasteiger partial charge < -0.3 is 14.6 Å². The molecule has 1 N–H and O–H groups in total. The fourth-order valence-corrected chi connectivity index (χ4v) is 4.51. The maximum Gasteiger partial charge on any atom is 0.348 e. The number of aromatic hydroxyl groups is 1. The highest BCUT2D eigenvalue weighted by Gasteiger charge is 2.19. The number of methoxy groups -OCH3 is 1. The van der Waals surface area contributed by atoms with Crippen molar-refractivity contribution in [3.63, 3.8) is 0 Å². The van der Waals surface area contributed by atoms with Gasteiger partial charge in [-0.05, 0) is 47.7 Å². The SMILES string of the molecule is C=CCc1c(O)ccc2c1c(-c1ccc(C(C)C)cc1)nc(=O)n2Cc1ccc(OC)c(OCCCl)c1. The van der Waals surface area contributed by atoms with Crippen molar-refractivity contribution in [2.45, 2.75) is 32.7 Å². The number of rotatable bonds is 10. The number of halogens is 1. The molecule has 0 unspecified atom stereocenters. The molecule has 0 bridgehead atoms. The Labute approximate surface area is 221 Å². The van der Waals surface area contributed by atoms with Crippen LogP contribution in [0.5, 0.6) is 17.2 Å². The van der Waals surface area contributed by atoms with Crippen LogP contribution in [0.3, 0.4) is 0 Å². The van der Waals surface area contributed by atoms with Gasteiger partial charge in [-0.2, -0.15) is 4.98 Å². The molecule has 192 valence electrons. The highest BCUT2D eigenvalue weighted by Crippen LogP contribution is 2.35. The molecule has 3 aromatic carbocycles. The highest BCUT2D eigenvalue weighted by atomic mass is 35.5. The zero-order chi connectivity index (χ0) is 26.5. The molecular formula is C30H31ClN2O4. The maximum absolute atomic E-state index is 13.4. The van der Waals surface area contributed by atoms with E-state index in [4.69, 9.17) is 21.1 Å². The average Bonchev–Trinajstić information content (AvgIpc) is 2.90. The molecule has 0 amide bonds. The molecule has 0 saturated carbocycles. The van der Waals surface area contributed by atoms with Crippen LogP contribution >= 0.6 is 11.6 Å². The second-order valence-corrected chi connectivity index (χ2v) is 9.46. The highest BCUT2D eigenvalue weighted by molar-refractivity contribution is 6.18. The Hall–Kier alpha value is -3.77. The summed E-state index contributed by atoms with van der Waals surface area (Å²) in [7, 11) is 1.57. The van der Waals surface area contributed by atoms with Crippen LogP contribution in [0.15, 0.2) is 72.0 Å². The number of phenols is 1. The fraction of sp³-hybridized carbons (Fsp3) is 0.267. The molecule has 0 aliphatic carbocycles. The Morgan fingerprint density at radius 3 is 2.51 bits per heavy atom. The number of aromatic nitrogens is 2. The predicted octanol–water partition coefficient (Wildman–Crippen LogP) is 6.30. The van der Waals surface area contributed by atoms with E-state index in [1.807, 2.05) is 24.3 Å². The van der Waals surface area contributed by atoms with Crippen LogP contribution < -0.4 is 15.2 Å². The number of allylic oxidation sites excluding steroid dienone is 1. The molecule has 0 radical (unpaired) electrons. The Morgan fingerprint density at radius 2 is 1.86 bits per heavy atom. The Kier molecular flexibility index (Phi) is 8.19. The van der Waals surface area contributed by atoms with Gasteiger partial charge in [0.1, 0.15) is 12.4 Å². The van der Waals surface area contributed by atoms with E-state index in [0.717, 1.165) is 16.5 Å². The second kappa shape index (κ2) is 11.5. The minimum atomic E-state index is -0.385. The number of hydrogen-bond acceptors (Lipinski definition) is 5. The smallest absolute Gasteiger partial charge is 0.348 e. The third kappa shape index (κ3) is 5.49. The van der Waals surface area contributed by atoms with Gasteiger partial charge in [-0.15, -0.1) is 18.2 Å². The first-order chi connectivity index (χ1) is 17.9. The van der Waals surface area contributed by atoms with E-state index in [-0.39, 0.29) is 18.0 Å². The molecule has 0 spiro atoms. The number of hydrogen-bond donors (Lipinski definition) is 1. The van der Waals surface area contributed by atoms with Gasteiger partial charge >= 0.3 is 5.69 Å². The molecule has 6 nitrogen and oxygen atoms in total. The van der Waals surface area contributed by atoms with Crippen molar-refractivity contribution in [3.05, 3.63) is 94.4 Å². The number of nitrogens with zero attached hydrogens (tertiary/aromatic N) is 2. The van der Waals surface area contributed by atoms with Crippen molar-refractivity contribution in [3.8, 4) is 28.5 Å². The predicted molar refractivity (Wildman–Crippen MR) is 149 cm³/mol. The summed E-state index contributed by atoms with van der Waals surface area (Å²) >= 11 is 5.80. The lowest BCUT2D eigenvalue weighted by atomic mass is 9.96. The maximum atomic E-state index is 13.4. The number of benzene rings is 3. The van der Waals surface area contributed by atoms with Crippen LogP contribution in [0.25, 0.3) is 22.2 Å². The molecule has 0 fully saturated rings. The van der Waals surface area contributed by atoms with Crippen LogP contribution in [-0.2, 0) is 13.0 Å². The van der Waals surface area contributed by atoms with Crippen LogP contribution in [0.2, 0.25) is 0 Å². The second-order valence-electron chi connectivity index (χ2n) is 9.08. The normalized spacial score (nSPS) is 11.2. The van der Waals surface area contributed by atoms with Gasteiger partial charge in [0.25, 0.3) is 0 Å². The summed E-state index contributed by atoms with van der Waals surface area (Å²) in [5, 5.41) is 11.5. The lowest BCUT2D eigenvalue weighted by molar-refractivity contribution is 0.312. The molecule has 0 aliphatic heterocycles. The zero-order valence-electron chi connectivity index (χ0n) is 21.3. The van der Waals surface area contributed by atoms with Crippen LogP contribution in [-0.4, -0.2) is 34.3 Å². The largest absolute Gasteiger partial charge is 0.508 e. The topological polar surface area (TPSA) is 73.6 Å². The van der Waals surface area contributed by atoms with Gasteiger partial charge in [0, 0.05) is 16.5 Å². The third-order valence-corrected chi connectivity index (χ3v) is 6.49. The number of alkyl halides is 1. The van der Waals surface area contributed by atoms with Gasteiger partial charge in [-0.3, -0.25) is 4.57 Å². The Balaban J connectivity index is 1.90. The summed E-state index contributed by atoms with van der Waals surface area (Å²) in [6, 6.07) is 17.0. The monoisotopic (exact) mass is 518 g/mol. The van der Waals surface area contributed by atoms with Crippen molar-refractivity contribution in [1.82, 2.24) is 9.55 Å². The van der Waals surface area contributed by atoms with E-state index in [0.29, 0.717) is 53.1 Å². The summed E-state index contributed by atoms with van der Waals surface area (Å²) in [6.45, 7) is 8.72. The average molecular weight is 519 g/mol. The molecular weight excluding hydrogens is 488 g/mol. The van der Waals surface area contributed by atoms with E-state index in [9.17, 15) is 9.90 Å². The molecule has 0 saturated heterocycles. The summed E-state index contributed by atoms with van der Waals surface area (Å²) in [5.74, 6) is 2.01. The Morgan fingerprint density at radius 1 is 1.11 bits per heavy atom. The van der Waals surface area contributed by atoms with E-state index < -0.39 is 0 Å². The van der Waals surface area contributed by atoms with Crippen molar-refractivity contribution < 1.29 is 14.6 Å². The minimum absolute atomic E-state index is 0.139. The summed E-state index contributed by atoms with van der Waals surface area (Å²) < 4.78 is 12.7. The first-order valence-corrected chi connectivity index (χ1v) is 12.7. The van der Waals surface area contributed by atoms with Crippen molar-refractivity contribution >= 4 is 22.5 Å². The van der Waals surface area contributed by atoms with E-state index in [1.165, 1.54) is 5.56 Å². The quantitative estimate of drug-likeness (QED) is 0.197. The zero-order valence-corrected chi connectivity index (χ0v) is 22.1. The lowest BCUT2D eigenvalue weighted by Crippen LogP contribution is -2.25. The molecule has 7 heteroatoms. The van der Waals surface area contributed by atoms with Gasteiger partial charge in [-0.1, -0.05) is 50.3 Å². The Bertz CT molecular complexity index is 1480. The molecule has 4 aromatic rings. The fourth-order valence-electron chi connectivity index (χ4n) is 4.43. The molecule has 0 aliphatic rings. The summed E-state index contributed by atoms with van der Waals surface area (Å²) in [5.41, 5.74) is 4.36. The summed E-state index contributed by atoms with van der Waals surface area (Å²) in [4.78, 5) is 18.0. The van der Waals surface area contributed by atoms with Gasteiger partial charge in [0.15, 0.2) is 11.5 Å².